The van der Waals surface area contributed by atoms with Crippen LogP contribution >= 0.6 is 0 Å². The molecule has 1 N–H and O–H groups in total. The first-order valence-electron chi connectivity index (χ1n) is 6.00. The summed E-state index contributed by atoms with van der Waals surface area (Å²) in [5.74, 6) is 1.58. The smallest absolute Gasteiger partial charge is 0.122 e. The molecule has 16 heavy (non-hydrogen) atoms. The van der Waals surface area contributed by atoms with E-state index < -0.39 is 0 Å². The number of pyridine rings is 1. The number of hydrogen-bond donors (Lipinski definition) is 1. The number of nitrogens with one attached hydrogen (secondary N) is 1. The molecule has 3 nitrogen and oxygen atoms in total. The molecule has 90 valence electrons. The Morgan fingerprint density at radius 1 is 1.44 bits per heavy atom. The second-order valence-corrected chi connectivity index (χ2v) is 4.36. The SMILES string of the molecule is CCCOc1ccnc(CNCC(C)C)c1. The topological polar surface area (TPSA) is 34.1 Å². The Kier molecular flexibility index (Phi) is 5.86. The molecule has 0 aromatic carbocycles. The van der Waals surface area contributed by atoms with Crippen LogP contribution in [0.15, 0.2) is 18.3 Å². The van der Waals surface area contributed by atoms with Crippen LogP contribution < -0.4 is 10.1 Å². The molecule has 0 fully saturated rings. The van der Waals surface area contributed by atoms with Gasteiger partial charge in [0.2, 0.25) is 0 Å². The lowest BCUT2D eigenvalue weighted by molar-refractivity contribution is 0.316. The first kappa shape index (κ1) is 13.0. The molecule has 0 saturated heterocycles. The van der Waals surface area contributed by atoms with E-state index in [1.165, 1.54) is 0 Å². The summed E-state index contributed by atoms with van der Waals surface area (Å²) in [6.45, 7) is 9.08. The fourth-order valence-electron chi connectivity index (χ4n) is 1.35. The van der Waals surface area contributed by atoms with Gasteiger partial charge >= 0.3 is 0 Å². The van der Waals surface area contributed by atoms with Crippen molar-refractivity contribution in [2.24, 2.45) is 5.92 Å². The van der Waals surface area contributed by atoms with Crippen molar-refractivity contribution < 1.29 is 4.74 Å². The summed E-state index contributed by atoms with van der Waals surface area (Å²) in [5.41, 5.74) is 1.04. The largest absolute Gasteiger partial charge is 0.493 e. The van der Waals surface area contributed by atoms with Gasteiger partial charge in [0.05, 0.1) is 12.3 Å². The van der Waals surface area contributed by atoms with E-state index in [-0.39, 0.29) is 0 Å². The van der Waals surface area contributed by atoms with E-state index in [0.29, 0.717) is 5.92 Å². The fraction of sp³-hybridized carbons (Fsp3) is 0.615. The zero-order valence-corrected chi connectivity index (χ0v) is 10.5. The van der Waals surface area contributed by atoms with E-state index in [1.54, 1.807) is 6.20 Å². The monoisotopic (exact) mass is 222 g/mol. The average Bonchev–Trinajstić information content (AvgIpc) is 2.26. The second-order valence-electron chi connectivity index (χ2n) is 4.36. The van der Waals surface area contributed by atoms with Gasteiger partial charge in [-0.05, 0) is 24.9 Å². The van der Waals surface area contributed by atoms with Crippen LogP contribution in [0.1, 0.15) is 32.9 Å². The summed E-state index contributed by atoms with van der Waals surface area (Å²) in [6, 6.07) is 3.91. The molecular weight excluding hydrogens is 200 g/mol. The zero-order chi connectivity index (χ0) is 11.8. The molecule has 0 spiro atoms. The molecule has 0 radical (unpaired) electrons. The van der Waals surface area contributed by atoms with E-state index in [9.17, 15) is 0 Å². The third kappa shape index (κ3) is 5.12. The Labute approximate surface area is 98.2 Å². The number of aromatic nitrogens is 1. The molecule has 0 amide bonds. The molecule has 1 aromatic rings. The summed E-state index contributed by atoms with van der Waals surface area (Å²) >= 11 is 0. The highest BCUT2D eigenvalue weighted by molar-refractivity contribution is 5.22. The van der Waals surface area contributed by atoms with Gasteiger partial charge in [-0.25, -0.2) is 0 Å². The van der Waals surface area contributed by atoms with Gasteiger partial charge in [0.25, 0.3) is 0 Å². The predicted octanol–water partition coefficient (Wildman–Crippen LogP) is 2.62. The quantitative estimate of drug-likeness (QED) is 0.770. The predicted molar refractivity (Wildman–Crippen MR) is 66.6 cm³/mol. The van der Waals surface area contributed by atoms with Crippen molar-refractivity contribution in [1.82, 2.24) is 10.3 Å². The minimum atomic E-state index is 0.666. The summed E-state index contributed by atoms with van der Waals surface area (Å²) in [5, 5.41) is 3.37. The Hall–Kier alpha value is -1.09. The number of rotatable bonds is 7. The van der Waals surface area contributed by atoms with Crippen molar-refractivity contribution in [2.45, 2.75) is 33.7 Å². The molecular formula is C13H22N2O. The number of hydrogen-bond acceptors (Lipinski definition) is 3. The van der Waals surface area contributed by atoms with Crippen LogP contribution in [0.3, 0.4) is 0 Å². The standard InChI is InChI=1S/C13H22N2O/c1-4-7-16-13-5-6-15-12(8-13)10-14-9-11(2)3/h5-6,8,11,14H,4,7,9-10H2,1-3H3. The molecule has 0 atom stereocenters. The molecule has 0 bridgehead atoms. The van der Waals surface area contributed by atoms with Gasteiger partial charge in [0, 0.05) is 18.8 Å². The van der Waals surface area contributed by atoms with Crippen LogP contribution in [0.4, 0.5) is 0 Å². The molecule has 0 aliphatic rings. The van der Waals surface area contributed by atoms with E-state index in [4.69, 9.17) is 4.74 Å². The third-order valence-corrected chi connectivity index (χ3v) is 2.12. The van der Waals surface area contributed by atoms with Gasteiger partial charge in [-0.2, -0.15) is 0 Å². The minimum absolute atomic E-state index is 0.666. The maximum Gasteiger partial charge on any atom is 0.122 e. The lowest BCUT2D eigenvalue weighted by Crippen LogP contribution is -2.19. The van der Waals surface area contributed by atoms with Crippen molar-refractivity contribution in [3.05, 3.63) is 24.0 Å². The van der Waals surface area contributed by atoms with Crippen molar-refractivity contribution in [3.8, 4) is 5.75 Å². The summed E-state index contributed by atoms with van der Waals surface area (Å²) in [4.78, 5) is 4.30. The van der Waals surface area contributed by atoms with Crippen LogP contribution in [0.2, 0.25) is 0 Å². The first-order chi connectivity index (χ1) is 7.72. The molecule has 0 aliphatic carbocycles. The van der Waals surface area contributed by atoms with Gasteiger partial charge in [0.15, 0.2) is 0 Å². The molecule has 1 aromatic heterocycles. The van der Waals surface area contributed by atoms with E-state index in [0.717, 1.165) is 37.6 Å². The molecule has 1 heterocycles. The minimum Gasteiger partial charge on any atom is -0.493 e. The van der Waals surface area contributed by atoms with Crippen molar-refractivity contribution in [2.75, 3.05) is 13.2 Å². The van der Waals surface area contributed by atoms with Crippen LogP contribution in [-0.2, 0) is 6.54 Å². The Bertz CT molecular complexity index is 300. The third-order valence-electron chi connectivity index (χ3n) is 2.12. The first-order valence-corrected chi connectivity index (χ1v) is 6.00. The summed E-state index contributed by atoms with van der Waals surface area (Å²) < 4.78 is 5.56. The Morgan fingerprint density at radius 3 is 2.94 bits per heavy atom. The van der Waals surface area contributed by atoms with Crippen LogP contribution in [-0.4, -0.2) is 18.1 Å². The van der Waals surface area contributed by atoms with Gasteiger partial charge in [-0.15, -0.1) is 0 Å². The lowest BCUT2D eigenvalue weighted by atomic mass is 10.2. The second kappa shape index (κ2) is 7.23. The maximum absolute atomic E-state index is 5.56. The van der Waals surface area contributed by atoms with Crippen LogP contribution in [0, 0.1) is 5.92 Å². The number of nitrogens with zero attached hydrogens (tertiary/aromatic N) is 1. The molecule has 0 aliphatic heterocycles. The highest BCUT2D eigenvalue weighted by Gasteiger charge is 1.99. The molecule has 0 saturated carbocycles. The highest BCUT2D eigenvalue weighted by Crippen LogP contribution is 2.11. The summed E-state index contributed by atoms with van der Waals surface area (Å²) in [7, 11) is 0. The molecule has 0 unspecified atom stereocenters. The number of ether oxygens (including phenoxy) is 1. The zero-order valence-electron chi connectivity index (χ0n) is 10.5. The van der Waals surface area contributed by atoms with E-state index >= 15 is 0 Å². The maximum atomic E-state index is 5.56. The normalized spacial score (nSPS) is 10.8. The van der Waals surface area contributed by atoms with Crippen molar-refractivity contribution >= 4 is 0 Å². The average molecular weight is 222 g/mol. The van der Waals surface area contributed by atoms with Crippen molar-refractivity contribution in [1.29, 1.82) is 0 Å². The lowest BCUT2D eigenvalue weighted by Gasteiger charge is -2.08. The fourth-order valence-corrected chi connectivity index (χ4v) is 1.35. The summed E-state index contributed by atoms with van der Waals surface area (Å²) in [6.07, 6.45) is 2.83. The van der Waals surface area contributed by atoms with Crippen molar-refractivity contribution in [3.63, 3.8) is 0 Å². The van der Waals surface area contributed by atoms with E-state index in [2.05, 4.69) is 31.1 Å². The molecule has 3 heteroatoms. The highest BCUT2D eigenvalue weighted by atomic mass is 16.5. The van der Waals surface area contributed by atoms with E-state index in [1.807, 2.05) is 12.1 Å². The van der Waals surface area contributed by atoms with Gasteiger partial charge < -0.3 is 10.1 Å². The Morgan fingerprint density at radius 2 is 2.25 bits per heavy atom. The van der Waals surface area contributed by atoms with Gasteiger partial charge in [-0.1, -0.05) is 20.8 Å². The molecule has 1 rings (SSSR count). The van der Waals surface area contributed by atoms with Crippen LogP contribution in [0.25, 0.3) is 0 Å². The van der Waals surface area contributed by atoms with Gasteiger partial charge in [-0.3, -0.25) is 4.98 Å². The van der Waals surface area contributed by atoms with Gasteiger partial charge in [0.1, 0.15) is 5.75 Å². The Balaban J connectivity index is 2.40. The van der Waals surface area contributed by atoms with Crippen LogP contribution in [0.5, 0.6) is 5.75 Å².